The molecule has 0 spiro atoms. The minimum atomic E-state index is 0.310. The molecule has 1 aromatic carbocycles. The lowest BCUT2D eigenvalue weighted by molar-refractivity contribution is 0.0252. The van der Waals surface area contributed by atoms with Crippen LogP contribution in [0.5, 0.6) is 0 Å². The van der Waals surface area contributed by atoms with E-state index in [1.807, 2.05) is 18.2 Å². The quantitative estimate of drug-likeness (QED) is 0.907. The molecule has 1 aromatic rings. The van der Waals surface area contributed by atoms with Crippen molar-refractivity contribution in [2.75, 3.05) is 26.8 Å². The molecule has 0 radical (unpaired) electrons. The Morgan fingerprint density at radius 1 is 1.40 bits per heavy atom. The number of hydrogen-bond acceptors (Lipinski definition) is 3. The standard InChI is InChI=1S/C16H25ClN2O/c1-12(14-4-3-5-15(17)10-14)19(2)16(11-18)13-6-8-20-9-7-13/h3-5,10,12-13,16H,6-9,11,18H2,1-2H3. The average Bonchev–Trinajstić information content (AvgIpc) is 2.48. The molecule has 2 atom stereocenters. The van der Waals surface area contributed by atoms with Crippen LogP contribution >= 0.6 is 11.6 Å². The second-order valence-corrected chi connectivity index (χ2v) is 6.09. The van der Waals surface area contributed by atoms with Gasteiger partial charge in [-0.25, -0.2) is 0 Å². The van der Waals surface area contributed by atoms with Crippen molar-refractivity contribution in [2.24, 2.45) is 11.7 Å². The van der Waals surface area contributed by atoms with Crippen molar-refractivity contribution in [3.05, 3.63) is 34.9 Å². The molecule has 4 heteroatoms. The van der Waals surface area contributed by atoms with Gasteiger partial charge in [-0.1, -0.05) is 23.7 Å². The lowest BCUT2D eigenvalue weighted by atomic mass is 9.89. The number of hydrogen-bond donors (Lipinski definition) is 1. The molecular weight excluding hydrogens is 272 g/mol. The van der Waals surface area contributed by atoms with Gasteiger partial charge in [-0.15, -0.1) is 0 Å². The highest BCUT2D eigenvalue weighted by molar-refractivity contribution is 6.30. The van der Waals surface area contributed by atoms with E-state index in [0.29, 0.717) is 24.5 Å². The summed E-state index contributed by atoms with van der Waals surface area (Å²) in [6.45, 7) is 4.63. The SMILES string of the molecule is CC(c1cccc(Cl)c1)N(C)C(CN)C1CCOCC1. The van der Waals surface area contributed by atoms with Crippen LogP contribution in [0.15, 0.2) is 24.3 Å². The minimum Gasteiger partial charge on any atom is -0.381 e. The van der Waals surface area contributed by atoms with Gasteiger partial charge in [-0.2, -0.15) is 0 Å². The van der Waals surface area contributed by atoms with Crippen LogP contribution in [0.3, 0.4) is 0 Å². The van der Waals surface area contributed by atoms with E-state index >= 15 is 0 Å². The molecule has 0 bridgehead atoms. The Hall–Kier alpha value is -0.610. The van der Waals surface area contributed by atoms with E-state index in [4.69, 9.17) is 22.1 Å². The molecule has 2 unspecified atom stereocenters. The number of benzene rings is 1. The molecule has 20 heavy (non-hydrogen) atoms. The number of halogens is 1. The molecule has 0 aromatic heterocycles. The maximum absolute atomic E-state index is 6.10. The second kappa shape index (κ2) is 7.41. The number of nitrogens with zero attached hydrogens (tertiary/aromatic N) is 1. The summed E-state index contributed by atoms with van der Waals surface area (Å²) in [5.41, 5.74) is 7.28. The second-order valence-electron chi connectivity index (χ2n) is 5.65. The van der Waals surface area contributed by atoms with Gasteiger partial charge in [-0.05, 0) is 50.4 Å². The largest absolute Gasteiger partial charge is 0.381 e. The highest BCUT2D eigenvalue weighted by atomic mass is 35.5. The van der Waals surface area contributed by atoms with Crippen molar-refractivity contribution in [3.63, 3.8) is 0 Å². The lowest BCUT2D eigenvalue weighted by Gasteiger charge is -2.39. The Labute approximate surface area is 127 Å². The summed E-state index contributed by atoms with van der Waals surface area (Å²) >= 11 is 6.10. The van der Waals surface area contributed by atoms with Crippen LogP contribution in [0, 0.1) is 5.92 Å². The number of nitrogens with two attached hydrogens (primary N) is 1. The fourth-order valence-corrected chi connectivity index (χ4v) is 3.28. The van der Waals surface area contributed by atoms with Crippen molar-refractivity contribution in [1.29, 1.82) is 0 Å². The van der Waals surface area contributed by atoms with Crippen molar-refractivity contribution in [2.45, 2.75) is 31.8 Å². The molecule has 2 N–H and O–H groups in total. The van der Waals surface area contributed by atoms with E-state index < -0.39 is 0 Å². The summed E-state index contributed by atoms with van der Waals surface area (Å²) in [5.74, 6) is 0.625. The fraction of sp³-hybridized carbons (Fsp3) is 0.625. The van der Waals surface area contributed by atoms with Gasteiger partial charge in [0, 0.05) is 36.9 Å². The molecule has 0 aliphatic carbocycles. The maximum atomic E-state index is 6.10. The topological polar surface area (TPSA) is 38.5 Å². The first-order valence-electron chi connectivity index (χ1n) is 7.38. The van der Waals surface area contributed by atoms with Crippen LogP contribution in [0.2, 0.25) is 5.02 Å². The zero-order valence-electron chi connectivity index (χ0n) is 12.4. The summed E-state index contributed by atoms with van der Waals surface area (Å²) in [6, 6.07) is 8.80. The monoisotopic (exact) mass is 296 g/mol. The molecule has 1 aliphatic rings. The molecule has 0 saturated carbocycles. The maximum Gasteiger partial charge on any atom is 0.0469 e. The zero-order chi connectivity index (χ0) is 14.5. The highest BCUT2D eigenvalue weighted by Gasteiger charge is 2.29. The Kier molecular flexibility index (Phi) is 5.85. The van der Waals surface area contributed by atoms with E-state index in [0.717, 1.165) is 31.1 Å². The van der Waals surface area contributed by atoms with E-state index in [9.17, 15) is 0 Å². The molecule has 112 valence electrons. The third-order valence-corrected chi connectivity index (χ3v) is 4.75. The van der Waals surface area contributed by atoms with Crippen LogP contribution in [0.4, 0.5) is 0 Å². The highest BCUT2D eigenvalue weighted by Crippen LogP contribution is 2.29. The first kappa shape index (κ1) is 15.8. The van der Waals surface area contributed by atoms with Crippen molar-refractivity contribution < 1.29 is 4.74 Å². The summed E-state index contributed by atoms with van der Waals surface area (Å²) in [4.78, 5) is 2.39. The number of ether oxygens (including phenoxy) is 1. The van der Waals surface area contributed by atoms with E-state index in [1.165, 1.54) is 5.56 Å². The summed E-state index contributed by atoms with van der Waals surface area (Å²) in [6.07, 6.45) is 2.21. The van der Waals surface area contributed by atoms with Crippen LogP contribution in [-0.2, 0) is 4.74 Å². The van der Waals surface area contributed by atoms with E-state index in [2.05, 4.69) is 24.9 Å². The van der Waals surface area contributed by atoms with Crippen LogP contribution in [-0.4, -0.2) is 37.7 Å². The summed E-state index contributed by atoms with van der Waals surface area (Å²) in [5, 5.41) is 0.790. The third-order valence-electron chi connectivity index (χ3n) is 4.52. The van der Waals surface area contributed by atoms with Gasteiger partial charge in [0.1, 0.15) is 0 Å². The molecular formula is C16H25ClN2O. The van der Waals surface area contributed by atoms with Crippen LogP contribution in [0.1, 0.15) is 31.4 Å². The van der Waals surface area contributed by atoms with Crippen molar-refractivity contribution >= 4 is 11.6 Å². The molecule has 1 heterocycles. The fourth-order valence-electron chi connectivity index (χ4n) is 3.08. The van der Waals surface area contributed by atoms with Gasteiger partial charge in [0.15, 0.2) is 0 Å². The molecule has 0 amide bonds. The van der Waals surface area contributed by atoms with Gasteiger partial charge in [0.05, 0.1) is 0 Å². The first-order chi connectivity index (χ1) is 9.63. The summed E-state index contributed by atoms with van der Waals surface area (Å²) < 4.78 is 5.46. The average molecular weight is 297 g/mol. The Balaban J connectivity index is 2.08. The minimum absolute atomic E-state index is 0.310. The zero-order valence-corrected chi connectivity index (χ0v) is 13.1. The van der Waals surface area contributed by atoms with Gasteiger partial charge in [0.2, 0.25) is 0 Å². The van der Waals surface area contributed by atoms with Gasteiger partial charge >= 0.3 is 0 Å². The Bertz CT molecular complexity index is 421. The van der Waals surface area contributed by atoms with Crippen molar-refractivity contribution in [3.8, 4) is 0 Å². The number of likely N-dealkylation sites (N-methyl/N-ethyl adjacent to an activating group) is 1. The predicted molar refractivity (Wildman–Crippen MR) is 84.0 cm³/mol. The molecule has 1 aliphatic heterocycles. The predicted octanol–water partition coefficient (Wildman–Crippen LogP) is 3.09. The first-order valence-corrected chi connectivity index (χ1v) is 7.76. The van der Waals surface area contributed by atoms with Gasteiger partial charge < -0.3 is 10.5 Å². The van der Waals surface area contributed by atoms with E-state index in [-0.39, 0.29) is 0 Å². The van der Waals surface area contributed by atoms with Gasteiger partial charge in [0.25, 0.3) is 0 Å². The molecule has 1 saturated heterocycles. The third kappa shape index (κ3) is 3.73. The molecule has 3 nitrogen and oxygen atoms in total. The number of rotatable bonds is 5. The van der Waals surface area contributed by atoms with Crippen LogP contribution < -0.4 is 5.73 Å². The lowest BCUT2D eigenvalue weighted by Crippen LogP contribution is -2.46. The molecule has 1 fully saturated rings. The van der Waals surface area contributed by atoms with E-state index in [1.54, 1.807) is 0 Å². The molecule has 2 rings (SSSR count). The Morgan fingerprint density at radius 3 is 2.70 bits per heavy atom. The Morgan fingerprint density at radius 2 is 2.10 bits per heavy atom. The smallest absolute Gasteiger partial charge is 0.0469 e. The summed E-state index contributed by atoms with van der Waals surface area (Å²) in [7, 11) is 2.17. The van der Waals surface area contributed by atoms with Gasteiger partial charge in [-0.3, -0.25) is 4.90 Å². The normalized spacial score (nSPS) is 20.1. The van der Waals surface area contributed by atoms with Crippen molar-refractivity contribution in [1.82, 2.24) is 4.90 Å². The van der Waals surface area contributed by atoms with Crippen LogP contribution in [0.25, 0.3) is 0 Å².